The van der Waals surface area contributed by atoms with E-state index in [2.05, 4.69) is 175 Å². The Labute approximate surface area is 326 Å². The molecule has 1 unspecified atom stereocenters. The fourth-order valence-electron chi connectivity index (χ4n) is 6.93. The zero-order valence-electron chi connectivity index (χ0n) is 29.9. The van der Waals surface area contributed by atoms with Crippen molar-refractivity contribution in [1.29, 1.82) is 5.26 Å². The van der Waals surface area contributed by atoms with Crippen molar-refractivity contribution in [2.75, 3.05) is 4.90 Å². The van der Waals surface area contributed by atoms with Crippen LogP contribution in [0.15, 0.2) is 205 Å². The summed E-state index contributed by atoms with van der Waals surface area (Å²) in [5.74, 6) is -1.21. The van der Waals surface area contributed by atoms with Crippen molar-refractivity contribution in [3.63, 3.8) is 0 Å². The summed E-state index contributed by atoms with van der Waals surface area (Å²) < 4.78 is 0. The molecule has 0 saturated heterocycles. The van der Waals surface area contributed by atoms with E-state index in [1.54, 1.807) is 17.8 Å². The Morgan fingerprint density at radius 3 is 1.25 bits per heavy atom. The molecule has 1 atom stereocenters. The van der Waals surface area contributed by atoms with Gasteiger partial charge in [0.05, 0.1) is 0 Å². The Hall–Kier alpha value is -6.87. The van der Waals surface area contributed by atoms with E-state index >= 15 is 0 Å². The van der Waals surface area contributed by atoms with E-state index in [0.29, 0.717) is 0 Å². The zero-order chi connectivity index (χ0) is 37.6. The highest BCUT2D eigenvalue weighted by atomic mass is 32.2. The van der Waals surface area contributed by atoms with Gasteiger partial charge in [0.15, 0.2) is 0 Å². The number of aliphatic carboxylic acids is 1. The lowest BCUT2D eigenvalue weighted by Gasteiger charge is -2.26. The van der Waals surface area contributed by atoms with Crippen molar-refractivity contribution >= 4 is 34.8 Å². The maximum atomic E-state index is 11.4. The van der Waals surface area contributed by atoms with E-state index < -0.39 is 5.97 Å². The van der Waals surface area contributed by atoms with Crippen LogP contribution in [-0.4, -0.2) is 11.1 Å². The van der Waals surface area contributed by atoms with Gasteiger partial charge in [-0.1, -0.05) is 152 Å². The molecule has 0 radical (unpaired) electrons. The summed E-state index contributed by atoms with van der Waals surface area (Å²) in [4.78, 5) is 14.5. The van der Waals surface area contributed by atoms with Crippen LogP contribution in [0.4, 0.5) is 17.1 Å². The fourth-order valence-corrected chi connectivity index (χ4v) is 8.12. The van der Waals surface area contributed by atoms with Crippen LogP contribution in [0.2, 0.25) is 0 Å². The highest BCUT2D eigenvalue weighted by molar-refractivity contribution is 8.03. The quantitative estimate of drug-likeness (QED) is 0.112. The molecule has 5 heteroatoms. The highest BCUT2D eigenvalue weighted by Gasteiger charge is 2.21. The molecule has 0 aliphatic carbocycles. The third-order valence-corrected chi connectivity index (χ3v) is 11.2. The van der Waals surface area contributed by atoms with Crippen molar-refractivity contribution < 1.29 is 9.90 Å². The molecule has 8 rings (SSSR count). The van der Waals surface area contributed by atoms with Crippen molar-refractivity contribution in [2.24, 2.45) is 0 Å². The third kappa shape index (κ3) is 7.91. The molecule has 264 valence electrons. The molecule has 4 nitrogen and oxygen atoms in total. The van der Waals surface area contributed by atoms with Crippen LogP contribution in [0, 0.1) is 11.3 Å². The number of nitriles is 1. The number of rotatable bonds is 10. The van der Waals surface area contributed by atoms with Crippen LogP contribution >= 0.6 is 11.8 Å². The molecule has 55 heavy (non-hydrogen) atoms. The van der Waals surface area contributed by atoms with E-state index in [1.165, 1.54) is 28.3 Å². The third-order valence-electron chi connectivity index (χ3n) is 9.87. The summed E-state index contributed by atoms with van der Waals surface area (Å²) in [6.45, 7) is 0. The number of benzene rings is 7. The summed E-state index contributed by atoms with van der Waals surface area (Å²) in [5.41, 5.74) is 13.4. The predicted molar refractivity (Wildman–Crippen MR) is 227 cm³/mol. The molecule has 0 spiro atoms. The van der Waals surface area contributed by atoms with Crippen LogP contribution in [0.25, 0.3) is 44.5 Å². The molecule has 0 bridgehead atoms. The van der Waals surface area contributed by atoms with Crippen molar-refractivity contribution in [3.05, 3.63) is 210 Å². The Balaban J connectivity index is 1.07. The number of hydrogen-bond donors (Lipinski definition) is 1. The normalized spacial score (nSPS) is 13.8. The standard InChI is InChI=1S/C50H36N2O2S/c51-34-44(50(53)54)33-48-31-32-49(55-48)43-23-29-47(30-24-43)52(45-25-19-41(20-26-45)39-15-11-37(12-16-39)35-7-3-1-4-8-35)46-27-21-42(22-28-46)40-17-13-38(14-18-40)36-9-5-2-6-10-36/h1-31,33,49H,32H2,(H,53,54)/b44-33+. The van der Waals surface area contributed by atoms with Gasteiger partial charge in [-0.25, -0.2) is 4.79 Å². The predicted octanol–water partition coefficient (Wildman–Crippen LogP) is 13.4. The van der Waals surface area contributed by atoms with E-state index in [1.807, 2.05) is 18.2 Å². The molecular weight excluding hydrogens is 693 g/mol. The first-order valence-corrected chi connectivity index (χ1v) is 19.0. The van der Waals surface area contributed by atoms with Crippen LogP contribution in [0.5, 0.6) is 0 Å². The van der Waals surface area contributed by atoms with Gasteiger partial charge in [0.1, 0.15) is 11.6 Å². The monoisotopic (exact) mass is 728 g/mol. The Kier molecular flexibility index (Phi) is 10.2. The van der Waals surface area contributed by atoms with Crippen molar-refractivity contribution in [3.8, 4) is 50.6 Å². The number of allylic oxidation sites excluding steroid dienone is 2. The number of anilines is 3. The molecule has 7 aromatic carbocycles. The average molecular weight is 729 g/mol. The van der Waals surface area contributed by atoms with Gasteiger partial charge in [0, 0.05) is 27.2 Å². The summed E-state index contributed by atoms with van der Waals surface area (Å²) in [5, 5.41) is 18.7. The van der Waals surface area contributed by atoms with Gasteiger partial charge in [-0.3, -0.25) is 0 Å². The smallest absolute Gasteiger partial charge is 0.346 e. The zero-order valence-corrected chi connectivity index (χ0v) is 30.7. The molecule has 0 fully saturated rings. The SMILES string of the molecule is N#C/C(=C\C1=CCC(c2ccc(N(c3ccc(-c4ccc(-c5ccccc5)cc4)cc3)c3ccc(-c4ccc(-c5ccccc5)cc4)cc3)cc2)S1)C(=O)O. The Morgan fingerprint density at radius 1 is 0.545 bits per heavy atom. The molecule has 0 saturated carbocycles. The van der Waals surface area contributed by atoms with Gasteiger partial charge < -0.3 is 10.0 Å². The molecule has 0 amide bonds. The minimum absolute atomic E-state index is 0.141. The maximum absolute atomic E-state index is 11.4. The second-order valence-corrected chi connectivity index (χ2v) is 14.6. The van der Waals surface area contributed by atoms with Crippen LogP contribution in [-0.2, 0) is 4.79 Å². The van der Waals surface area contributed by atoms with Crippen molar-refractivity contribution in [2.45, 2.75) is 11.7 Å². The molecule has 0 aromatic heterocycles. The summed E-state index contributed by atoms with van der Waals surface area (Å²) in [6, 6.07) is 66.1. The highest BCUT2D eigenvalue weighted by Crippen LogP contribution is 2.45. The number of nitrogens with zero attached hydrogens (tertiary/aromatic N) is 2. The fraction of sp³-hybridized carbons (Fsp3) is 0.0400. The number of carboxylic acids is 1. The summed E-state index contributed by atoms with van der Waals surface area (Å²) in [6.07, 6.45) is 4.23. The number of carboxylic acid groups (broad SMARTS) is 1. The van der Waals surface area contributed by atoms with Crippen molar-refractivity contribution in [1.82, 2.24) is 0 Å². The Morgan fingerprint density at radius 2 is 0.891 bits per heavy atom. The lowest BCUT2D eigenvalue weighted by atomic mass is 9.99. The van der Waals surface area contributed by atoms with Gasteiger partial charge in [0.2, 0.25) is 0 Å². The first kappa shape index (κ1) is 35.2. The van der Waals surface area contributed by atoms with E-state index in [0.717, 1.165) is 56.2 Å². The second kappa shape index (κ2) is 16.0. The Bertz CT molecular complexity index is 2390. The molecule has 7 aromatic rings. The van der Waals surface area contributed by atoms with Crippen LogP contribution in [0.1, 0.15) is 17.2 Å². The minimum Gasteiger partial charge on any atom is -0.477 e. The molecular formula is C50H36N2O2S. The van der Waals surface area contributed by atoms with Gasteiger partial charge in [-0.2, -0.15) is 5.26 Å². The second-order valence-electron chi connectivity index (χ2n) is 13.3. The van der Waals surface area contributed by atoms with Gasteiger partial charge in [0.25, 0.3) is 0 Å². The first-order valence-electron chi connectivity index (χ1n) is 18.2. The maximum Gasteiger partial charge on any atom is 0.346 e. The molecule has 1 aliphatic heterocycles. The van der Waals surface area contributed by atoms with E-state index in [-0.39, 0.29) is 10.8 Å². The first-order chi connectivity index (χ1) is 27.0. The topological polar surface area (TPSA) is 64.3 Å². The van der Waals surface area contributed by atoms with E-state index in [4.69, 9.17) is 0 Å². The average Bonchev–Trinajstić information content (AvgIpc) is 3.73. The van der Waals surface area contributed by atoms with E-state index in [9.17, 15) is 15.2 Å². The number of thioether (sulfide) groups is 1. The number of hydrogen-bond acceptors (Lipinski definition) is 4. The summed E-state index contributed by atoms with van der Waals surface area (Å²) in [7, 11) is 0. The van der Waals surface area contributed by atoms with Gasteiger partial charge >= 0.3 is 5.97 Å². The van der Waals surface area contributed by atoms with Gasteiger partial charge in [-0.05, 0) is 99.0 Å². The molecule has 1 N–H and O–H groups in total. The molecule has 1 aliphatic rings. The summed E-state index contributed by atoms with van der Waals surface area (Å²) >= 11 is 1.59. The minimum atomic E-state index is -1.21. The lowest BCUT2D eigenvalue weighted by Crippen LogP contribution is -2.10. The number of carbonyl (C=O) groups is 1. The largest absolute Gasteiger partial charge is 0.477 e. The van der Waals surface area contributed by atoms with Crippen LogP contribution < -0.4 is 4.90 Å². The molecule has 1 heterocycles. The lowest BCUT2D eigenvalue weighted by molar-refractivity contribution is -0.132. The van der Waals surface area contributed by atoms with Crippen LogP contribution in [0.3, 0.4) is 0 Å². The van der Waals surface area contributed by atoms with Gasteiger partial charge in [-0.15, -0.1) is 11.8 Å².